The van der Waals surface area contributed by atoms with E-state index in [2.05, 4.69) is 15.9 Å². The van der Waals surface area contributed by atoms with E-state index in [-0.39, 0.29) is 13.2 Å². The zero-order valence-electron chi connectivity index (χ0n) is 11.3. The summed E-state index contributed by atoms with van der Waals surface area (Å²) < 4.78 is 18.8. The Morgan fingerprint density at radius 2 is 1.76 bits per heavy atom. The van der Waals surface area contributed by atoms with Gasteiger partial charge in [0.25, 0.3) is 0 Å². The van der Waals surface area contributed by atoms with Gasteiger partial charge >= 0.3 is 6.09 Å². The van der Waals surface area contributed by atoms with E-state index in [4.69, 9.17) is 4.74 Å². The topological polar surface area (TPSA) is 29.5 Å². The SMILES string of the molecule is O=C(OCc1ccccc1)N(CCF)c1ccc(Br)cc1. The molecule has 0 unspecified atom stereocenters. The van der Waals surface area contributed by atoms with Crippen LogP contribution >= 0.6 is 15.9 Å². The molecule has 0 saturated heterocycles. The number of carbonyl (C=O) groups excluding carboxylic acids is 1. The highest BCUT2D eigenvalue weighted by molar-refractivity contribution is 9.10. The maximum absolute atomic E-state index is 12.7. The van der Waals surface area contributed by atoms with E-state index in [1.54, 1.807) is 24.3 Å². The predicted octanol–water partition coefficient (Wildman–Crippen LogP) is 4.56. The maximum atomic E-state index is 12.7. The van der Waals surface area contributed by atoms with Crippen molar-refractivity contribution in [2.75, 3.05) is 18.1 Å². The summed E-state index contributed by atoms with van der Waals surface area (Å²) >= 11 is 3.32. The Hall–Kier alpha value is -1.88. The number of alkyl halides is 1. The van der Waals surface area contributed by atoms with Crippen LogP contribution in [0.2, 0.25) is 0 Å². The first-order valence-electron chi connectivity index (χ1n) is 6.50. The van der Waals surface area contributed by atoms with Crippen molar-refractivity contribution in [3.8, 4) is 0 Å². The van der Waals surface area contributed by atoms with Gasteiger partial charge in [0.1, 0.15) is 13.3 Å². The molecule has 0 heterocycles. The van der Waals surface area contributed by atoms with Crippen molar-refractivity contribution in [1.29, 1.82) is 0 Å². The minimum Gasteiger partial charge on any atom is -0.444 e. The third-order valence-corrected chi connectivity index (χ3v) is 3.40. The number of nitrogens with zero attached hydrogens (tertiary/aromatic N) is 1. The fourth-order valence-corrected chi connectivity index (χ4v) is 2.09. The van der Waals surface area contributed by atoms with Crippen LogP contribution in [0.15, 0.2) is 59.1 Å². The highest BCUT2D eigenvalue weighted by Crippen LogP contribution is 2.19. The largest absolute Gasteiger partial charge is 0.444 e. The molecule has 0 N–H and O–H groups in total. The van der Waals surface area contributed by atoms with Crippen LogP contribution in [0.1, 0.15) is 5.56 Å². The number of hydrogen-bond acceptors (Lipinski definition) is 2. The average Bonchev–Trinajstić information content (AvgIpc) is 2.52. The lowest BCUT2D eigenvalue weighted by molar-refractivity contribution is 0.146. The predicted molar refractivity (Wildman–Crippen MR) is 84.1 cm³/mol. The molecule has 0 bridgehead atoms. The van der Waals surface area contributed by atoms with Crippen molar-refractivity contribution >= 4 is 27.7 Å². The minimum absolute atomic E-state index is 0.0325. The number of benzene rings is 2. The Morgan fingerprint density at radius 3 is 2.38 bits per heavy atom. The number of hydrogen-bond donors (Lipinski definition) is 0. The Kier molecular flexibility index (Phi) is 5.75. The molecular weight excluding hydrogens is 337 g/mol. The van der Waals surface area contributed by atoms with Gasteiger partial charge in [0.2, 0.25) is 0 Å². The number of amides is 1. The lowest BCUT2D eigenvalue weighted by Gasteiger charge is -2.21. The van der Waals surface area contributed by atoms with Gasteiger partial charge in [-0.05, 0) is 29.8 Å². The molecule has 0 fully saturated rings. The van der Waals surface area contributed by atoms with Gasteiger partial charge in [-0.1, -0.05) is 46.3 Å². The molecule has 0 aromatic heterocycles. The van der Waals surface area contributed by atoms with Crippen LogP contribution in [0.4, 0.5) is 14.9 Å². The van der Waals surface area contributed by atoms with Gasteiger partial charge in [-0.25, -0.2) is 9.18 Å². The van der Waals surface area contributed by atoms with Crippen molar-refractivity contribution in [3.05, 3.63) is 64.6 Å². The lowest BCUT2D eigenvalue weighted by Crippen LogP contribution is -2.33. The Bertz CT molecular complexity index is 575. The first-order valence-corrected chi connectivity index (χ1v) is 7.30. The van der Waals surface area contributed by atoms with E-state index in [1.165, 1.54) is 4.90 Å². The van der Waals surface area contributed by atoms with E-state index >= 15 is 0 Å². The van der Waals surface area contributed by atoms with Crippen molar-refractivity contribution in [2.24, 2.45) is 0 Å². The average molecular weight is 352 g/mol. The van der Waals surface area contributed by atoms with Crippen LogP contribution in [0.5, 0.6) is 0 Å². The smallest absolute Gasteiger partial charge is 0.414 e. The molecule has 0 atom stereocenters. The molecule has 3 nitrogen and oxygen atoms in total. The third kappa shape index (κ3) is 4.56. The van der Waals surface area contributed by atoms with E-state index in [0.29, 0.717) is 5.69 Å². The van der Waals surface area contributed by atoms with Crippen LogP contribution in [0.25, 0.3) is 0 Å². The summed E-state index contributed by atoms with van der Waals surface area (Å²) in [6, 6.07) is 16.4. The standard InChI is InChI=1S/C16H15BrFNO2/c17-14-6-8-15(9-7-14)19(11-10-18)16(20)21-12-13-4-2-1-3-5-13/h1-9H,10-12H2. The quantitative estimate of drug-likeness (QED) is 0.789. The van der Waals surface area contributed by atoms with Crippen LogP contribution in [-0.4, -0.2) is 19.3 Å². The number of carbonyl (C=O) groups is 1. The molecule has 0 aliphatic carbocycles. The zero-order chi connectivity index (χ0) is 15.1. The molecule has 0 saturated carbocycles. The maximum Gasteiger partial charge on any atom is 0.414 e. The summed E-state index contributed by atoms with van der Waals surface area (Å²) in [5.74, 6) is 0. The molecule has 2 aromatic rings. The van der Waals surface area contributed by atoms with Crippen molar-refractivity contribution in [3.63, 3.8) is 0 Å². The van der Waals surface area contributed by atoms with Gasteiger partial charge in [-0.2, -0.15) is 0 Å². The van der Waals surface area contributed by atoms with Gasteiger partial charge in [0, 0.05) is 10.2 Å². The van der Waals surface area contributed by atoms with Crippen LogP contribution in [-0.2, 0) is 11.3 Å². The third-order valence-electron chi connectivity index (χ3n) is 2.87. The fraction of sp³-hybridized carbons (Fsp3) is 0.188. The van der Waals surface area contributed by atoms with Crippen LogP contribution in [0.3, 0.4) is 0 Å². The summed E-state index contributed by atoms with van der Waals surface area (Å²) in [6.45, 7) is -0.495. The molecule has 0 aliphatic heterocycles. The summed E-state index contributed by atoms with van der Waals surface area (Å²) in [6.07, 6.45) is -0.557. The Morgan fingerprint density at radius 1 is 1.10 bits per heavy atom. The van der Waals surface area contributed by atoms with Gasteiger partial charge in [0.15, 0.2) is 0 Å². The molecule has 0 radical (unpaired) electrons. The number of ether oxygens (including phenoxy) is 1. The van der Waals surface area contributed by atoms with Crippen LogP contribution < -0.4 is 4.90 Å². The van der Waals surface area contributed by atoms with Gasteiger partial charge in [-0.3, -0.25) is 4.90 Å². The molecule has 2 rings (SSSR count). The summed E-state index contributed by atoms with van der Waals surface area (Å²) in [5.41, 5.74) is 1.50. The Balaban J connectivity index is 2.03. The monoisotopic (exact) mass is 351 g/mol. The zero-order valence-corrected chi connectivity index (χ0v) is 12.9. The van der Waals surface area contributed by atoms with E-state index in [0.717, 1.165) is 10.0 Å². The molecular formula is C16H15BrFNO2. The second-order valence-electron chi connectivity index (χ2n) is 4.36. The first kappa shape index (κ1) is 15.5. The van der Waals surface area contributed by atoms with Gasteiger partial charge in [-0.15, -0.1) is 0 Å². The lowest BCUT2D eigenvalue weighted by atomic mass is 10.2. The second-order valence-corrected chi connectivity index (χ2v) is 5.27. The number of rotatable bonds is 5. The molecule has 0 aliphatic rings. The van der Waals surface area contributed by atoms with Crippen molar-refractivity contribution in [2.45, 2.75) is 6.61 Å². The minimum atomic E-state index is -0.628. The normalized spacial score (nSPS) is 10.2. The number of anilines is 1. The van der Waals surface area contributed by atoms with E-state index in [1.807, 2.05) is 30.3 Å². The van der Waals surface area contributed by atoms with Crippen molar-refractivity contribution in [1.82, 2.24) is 0 Å². The van der Waals surface area contributed by atoms with Gasteiger partial charge < -0.3 is 4.74 Å². The van der Waals surface area contributed by atoms with E-state index in [9.17, 15) is 9.18 Å². The highest BCUT2D eigenvalue weighted by atomic mass is 79.9. The second kappa shape index (κ2) is 7.78. The summed E-state index contributed by atoms with van der Waals surface area (Å²) in [5, 5.41) is 0. The van der Waals surface area contributed by atoms with Gasteiger partial charge in [0.05, 0.1) is 6.54 Å². The molecule has 0 spiro atoms. The van der Waals surface area contributed by atoms with E-state index < -0.39 is 12.8 Å². The fourth-order valence-electron chi connectivity index (χ4n) is 1.83. The van der Waals surface area contributed by atoms with Crippen molar-refractivity contribution < 1.29 is 13.9 Å². The molecule has 21 heavy (non-hydrogen) atoms. The molecule has 1 amide bonds. The molecule has 2 aromatic carbocycles. The first-order chi connectivity index (χ1) is 10.2. The summed E-state index contributed by atoms with van der Waals surface area (Å²) in [4.78, 5) is 13.4. The highest BCUT2D eigenvalue weighted by Gasteiger charge is 2.17. The number of halogens is 2. The Labute approximate surface area is 131 Å². The molecule has 5 heteroatoms. The molecule has 110 valence electrons. The van der Waals surface area contributed by atoms with Crippen LogP contribution in [0, 0.1) is 0 Å². The summed E-state index contributed by atoms with van der Waals surface area (Å²) in [7, 11) is 0.